The summed E-state index contributed by atoms with van der Waals surface area (Å²) in [5.74, 6) is 0.855. The van der Waals surface area contributed by atoms with Gasteiger partial charge in [-0.25, -0.2) is 4.98 Å². The number of nitrogens with zero attached hydrogens (tertiary/aromatic N) is 2. The average Bonchev–Trinajstić information content (AvgIpc) is 2.99. The van der Waals surface area contributed by atoms with E-state index in [-0.39, 0.29) is 11.9 Å². The van der Waals surface area contributed by atoms with E-state index in [1.54, 1.807) is 18.5 Å². The minimum Gasteiger partial charge on any atom is -0.347 e. The van der Waals surface area contributed by atoms with Crippen molar-refractivity contribution in [2.45, 2.75) is 17.9 Å². The Hall–Kier alpha value is -2.26. The highest BCUT2D eigenvalue weighted by molar-refractivity contribution is 7.99. The van der Waals surface area contributed by atoms with E-state index >= 15 is 0 Å². The molecule has 5 nitrogen and oxygen atoms in total. The first-order valence-electron chi connectivity index (χ1n) is 6.11. The number of amides is 1. The number of hydrogen-bond donors (Lipinski definition) is 2. The van der Waals surface area contributed by atoms with E-state index in [1.807, 2.05) is 25.1 Å². The van der Waals surface area contributed by atoms with Crippen LogP contribution in [-0.2, 0) is 0 Å². The fourth-order valence-electron chi connectivity index (χ4n) is 1.75. The smallest absolute Gasteiger partial charge is 0.252 e. The molecule has 0 saturated heterocycles. The van der Waals surface area contributed by atoms with E-state index in [1.165, 1.54) is 11.8 Å². The standard InChI is InChI=1S/C14H14N4OS/c1-10(13-16-7-8-17-13)18-14(19)11-4-2-3-5-12(11)20-9-6-15/h2-5,7-8,10H,9H2,1H3,(H,16,17)(H,18,19). The largest absolute Gasteiger partial charge is 0.347 e. The molecule has 0 bridgehead atoms. The van der Waals surface area contributed by atoms with Crippen molar-refractivity contribution in [1.29, 1.82) is 5.26 Å². The monoisotopic (exact) mass is 286 g/mol. The number of nitriles is 1. The molecule has 2 N–H and O–H groups in total. The van der Waals surface area contributed by atoms with Crippen molar-refractivity contribution in [3.05, 3.63) is 48.0 Å². The lowest BCUT2D eigenvalue weighted by atomic mass is 10.2. The van der Waals surface area contributed by atoms with Crippen molar-refractivity contribution < 1.29 is 4.79 Å². The van der Waals surface area contributed by atoms with Gasteiger partial charge in [-0.05, 0) is 19.1 Å². The van der Waals surface area contributed by atoms with Crippen LogP contribution < -0.4 is 5.32 Å². The lowest BCUT2D eigenvalue weighted by molar-refractivity contribution is 0.0935. The summed E-state index contributed by atoms with van der Waals surface area (Å²) in [6, 6.07) is 9.12. The summed E-state index contributed by atoms with van der Waals surface area (Å²) in [6.45, 7) is 1.86. The molecule has 1 amide bonds. The number of hydrogen-bond acceptors (Lipinski definition) is 4. The summed E-state index contributed by atoms with van der Waals surface area (Å²) in [5.41, 5.74) is 0.575. The van der Waals surface area contributed by atoms with Crippen molar-refractivity contribution in [1.82, 2.24) is 15.3 Å². The molecule has 0 aliphatic rings. The maximum Gasteiger partial charge on any atom is 0.252 e. The second-order valence-electron chi connectivity index (χ2n) is 4.11. The Bertz CT molecular complexity index is 618. The van der Waals surface area contributed by atoms with Gasteiger partial charge in [0.15, 0.2) is 0 Å². The number of benzene rings is 1. The molecule has 20 heavy (non-hydrogen) atoms. The number of aromatic nitrogens is 2. The minimum absolute atomic E-state index is 0.171. The van der Waals surface area contributed by atoms with E-state index < -0.39 is 0 Å². The third-order valence-corrected chi connectivity index (χ3v) is 3.64. The number of carbonyl (C=O) groups is 1. The van der Waals surface area contributed by atoms with Crippen LogP contribution in [0.2, 0.25) is 0 Å². The van der Waals surface area contributed by atoms with Crippen LogP contribution in [0.15, 0.2) is 41.6 Å². The summed E-state index contributed by atoms with van der Waals surface area (Å²) in [4.78, 5) is 20.2. The first-order chi connectivity index (χ1) is 9.72. The number of nitrogens with one attached hydrogen (secondary N) is 2. The van der Waals surface area contributed by atoms with E-state index in [0.29, 0.717) is 17.1 Å². The second-order valence-corrected chi connectivity index (χ2v) is 5.13. The third-order valence-electron chi connectivity index (χ3n) is 2.70. The summed E-state index contributed by atoms with van der Waals surface area (Å²) >= 11 is 1.35. The Morgan fingerprint density at radius 3 is 3.05 bits per heavy atom. The fraction of sp³-hybridized carbons (Fsp3) is 0.214. The van der Waals surface area contributed by atoms with Crippen molar-refractivity contribution in [2.24, 2.45) is 0 Å². The molecule has 0 fully saturated rings. The SMILES string of the molecule is CC(NC(=O)c1ccccc1SCC#N)c1ncc[nH]1. The Balaban J connectivity index is 2.11. The van der Waals surface area contributed by atoms with Gasteiger partial charge in [0, 0.05) is 17.3 Å². The molecule has 0 aliphatic heterocycles. The summed E-state index contributed by atoms with van der Waals surface area (Å²) in [5, 5.41) is 11.5. The van der Waals surface area contributed by atoms with Gasteiger partial charge in [-0.3, -0.25) is 4.79 Å². The molecule has 2 aromatic rings. The average molecular weight is 286 g/mol. The molecule has 0 saturated carbocycles. The molecule has 6 heteroatoms. The van der Waals surface area contributed by atoms with Crippen molar-refractivity contribution in [3.8, 4) is 6.07 Å². The van der Waals surface area contributed by atoms with E-state index in [2.05, 4.69) is 21.4 Å². The molecule has 1 aromatic carbocycles. The highest BCUT2D eigenvalue weighted by Gasteiger charge is 2.15. The van der Waals surface area contributed by atoms with Gasteiger partial charge >= 0.3 is 0 Å². The molecule has 102 valence electrons. The van der Waals surface area contributed by atoms with Crippen LogP contribution in [0.25, 0.3) is 0 Å². The summed E-state index contributed by atoms with van der Waals surface area (Å²) < 4.78 is 0. The van der Waals surface area contributed by atoms with Gasteiger partial charge in [-0.15, -0.1) is 11.8 Å². The van der Waals surface area contributed by atoms with Crippen LogP contribution in [0.1, 0.15) is 29.1 Å². The minimum atomic E-state index is -0.202. The number of carbonyl (C=O) groups excluding carboxylic acids is 1. The zero-order valence-electron chi connectivity index (χ0n) is 11.0. The molecule has 1 heterocycles. The Labute approximate surface area is 121 Å². The maximum atomic E-state index is 12.3. The van der Waals surface area contributed by atoms with Gasteiger partial charge in [-0.1, -0.05) is 12.1 Å². The topological polar surface area (TPSA) is 81.6 Å². The van der Waals surface area contributed by atoms with Crippen LogP contribution >= 0.6 is 11.8 Å². The van der Waals surface area contributed by atoms with Gasteiger partial charge in [-0.2, -0.15) is 5.26 Å². The molecular weight excluding hydrogens is 272 g/mol. The van der Waals surface area contributed by atoms with Crippen LogP contribution in [0.5, 0.6) is 0 Å². The highest BCUT2D eigenvalue weighted by Crippen LogP contribution is 2.22. The molecular formula is C14H14N4OS. The maximum absolute atomic E-state index is 12.3. The lowest BCUT2D eigenvalue weighted by Crippen LogP contribution is -2.27. The molecule has 0 spiro atoms. The van der Waals surface area contributed by atoms with Crippen molar-refractivity contribution in [2.75, 3.05) is 5.75 Å². The second kappa shape index (κ2) is 6.78. The number of aromatic amines is 1. The first-order valence-corrected chi connectivity index (χ1v) is 7.10. The predicted octanol–water partition coefficient (Wildman–Crippen LogP) is 2.52. The normalized spacial score (nSPS) is 11.6. The zero-order valence-corrected chi connectivity index (χ0v) is 11.8. The van der Waals surface area contributed by atoms with Gasteiger partial charge < -0.3 is 10.3 Å². The Kier molecular flexibility index (Phi) is 4.80. The van der Waals surface area contributed by atoms with E-state index in [4.69, 9.17) is 5.26 Å². The Morgan fingerprint density at radius 2 is 2.35 bits per heavy atom. The fourth-order valence-corrected chi connectivity index (χ4v) is 2.46. The van der Waals surface area contributed by atoms with Crippen molar-refractivity contribution in [3.63, 3.8) is 0 Å². The highest BCUT2D eigenvalue weighted by atomic mass is 32.2. The summed E-state index contributed by atoms with van der Waals surface area (Å²) in [7, 11) is 0. The van der Waals surface area contributed by atoms with Crippen LogP contribution in [-0.4, -0.2) is 21.6 Å². The van der Waals surface area contributed by atoms with Crippen LogP contribution in [0.4, 0.5) is 0 Å². The lowest BCUT2D eigenvalue weighted by Gasteiger charge is -2.13. The van der Waals surface area contributed by atoms with Gasteiger partial charge in [0.05, 0.1) is 23.4 Å². The molecule has 1 unspecified atom stereocenters. The zero-order chi connectivity index (χ0) is 14.4. The van der Waals surface area contributed by atoms with Crippen LogP contribution in [0, 0.1) is 11.3 Å². The number of thioether (sulfide) groups is 1. The van der Waals surface area contributed by atoms with Crippen molar-refractivity contribution >= 4 is 17.7 Å². The van der Waals surface area contributed by atoms with Gasteiger partial charge in [0.1, 0.15) is 5.82 Å². The quantitative estimate of drug-likeness (QED) is 0.827. The van der Waals surface area contributed by atoms with E-state index in [0.717, 1.165) is 4.90 Å². The van der Waals surface area contributed by atoms with E-state index in [9.17, 15) is 4.79 Å². The molecule has 1 aromatic heterocycles. The van der Waals surface area contributed by atoms with Crippen LogP contribution in [0.3, 0.4) is 0 Å². The van der Waals surface area contributed by atoms with Gasteiger partial charge in [0.2, 0.25) is 0 Å². The first kappa shape index (κ1) is 14.2. The Morgan fingerprint density at radius 1 is 1.55 bits per heavy atom. The number of H-pyrrole nitrogens is 1. The predicted molar refractivity (Wildman–Crippen MR) is 77.2 cm³/mol. The summed E-state index contributed by atoms with van der Waals surface area (Å²) in [6.07, 6.45) is 3.36. The third kappa shape index (κ3) is 3.39. The van der Waals surface area contributed by atoms with Gasteiger partial charge in [0.25, 0.3) is 5.91 Å². The molecule has 0 aliphatic carbocycles. The molecule has 0 radical (unpaired) electrons. The molecule has 1 atom stereocenters. The number of imidazole rings is 1. The molecule has 2 rings (SSSR count). The number of rotatable bonds is 5.